The van der Waals surface area contributed by atoms with Crippen molar-refractivity contribution < 1.29 is 9.59 Å². The zero-order valence-corrected chi connectivity index (χ0v) is 9.28. The largest absolute Gasteiger partial charge is 0.340 e. The lowest BCUT2D eigenvalue weighted by atomic mass is 10.0. The summed E-state index contributed by atoms with van der Waals surface area (Å²) in [5.41, 5.74) is 1.09. The van der Waals surface area contributed by atoms with Crippen LogP contribution in [-0.4, -0.2) is 17.9 Å². The van der Waals surface area contributed by atoms with Crippen LogP contribution in [0, 0.1) is 5.92 Å². The van der Waals surface area contributed by atoms with Gasteiger partial charge in [-0.15, -0.1) is 0 Å². The molecule has 1 aliphatic rings. The van der Waals surface area contributed by atoms with E-state index >= 15 is 0 Å². The lowest BCUT2D eigenvalue weighted by Gasteiger charge is -2.17. The van der Waals surface area contributed by atoms with Gasteiger partial charge < -0.3 is 10.6 Å². The first-order valence-corrected chi connectivity index (χ1v) is 5.30. The van der Waals surface area contributed by atoms with E-state index in [-0.39, 0.29) is 17.7 Å². The van der Waals surface area contributed by atoms with Crippen molar-refractivity contribution in [3.05, 3.63) is 29.8 Å². The van der Waals surface area contributed by atoms with Gasteiger partial charge in [0.2, 0.25) is 5.91 Å². The van der Waals surface area contributed by atoms with Crippen LogP contribution in [0.15, 0.2) is 24.3 Å². The maximum absolute atomic E-state index is 11.9. The van der Waals surface area contributed by atoms with E-state index in [4.69, 9.17) is 0 Å². The first kappa shape index (κ1) is 10.7. The Bertz CT molecular complexity index is 440. The molecule has 0 aromatic heterocycles. The van der Waals surface area contributed by atoms with Gasteiger partial charge in [-0.05, 0) is 18.1 Å². The van der Waals surface area contributed by atoms with Gasteiger partial charge in [-0.3, -0.25) is 9.59 Å². The van der Waals surface area contributed by atoms with E-state index in [1.54, 1.807) is 24.3 Å². The number of nitrogens with one attached hydrogen (secondary N) is 2. The molecule has 0 spiro atoms. The fourth-order valence-electron chi connectivity index (χ4n) is 1.75. The normalized spacial score (nSPS) is 19.8. The average Bonchev–Trinajstić information content (AvgIpc) is 2.37. The zero-order valence-electron chi connectivity index (χ0n) is 9.28. The molecule has 4 heteroatoms. The van der Waals surface area contributed by atoms with Crippen molar-refractivity contribution in [2.45, 2.75) is 19.9 Å². The van der Waals surface area contributed by atoms with Crippen LogP contribution < -0.4 is 10.6 Å². The van der Waals surface area contributed by atoms with Gasteiger partial charge in [0.25, 0.3) is 5.91 Å². The lowest BCUT2D eigenvalue weighted by molar-refractivity contribution is -0.118. The molecule has 2 amide bonds. The minimum Gasteiger partial charge on any atom is -0.340 e. The fraction of sp³-hybridized carbons (Fsp3) is 0.333. The molecule has 0 aliphatic carbocycles. The first-order valence-electron chi connectivity index (χ1n) is 5.30. The minimum absolute atomic E-state index is 0.0678. The Morgan fingerprint density at radius 2 is 1.88 bits per heavy atom. The van der Waals surface area contributed by atoms with Gasteiger partial charge in [0.15, 0.2) is 0 Å². The van der Waals surface area contributed by atoms with Crippen molar-refractivity contribution in [2.24, 2.45) is 5.92 Å². The van der Waals surface area contributed by atoms with E-state index in [1.807, 2.05) is 13.8 Å². The monoisotopic (exact) mass is 218 g/mol. The fourth-order valence-corrected chi connectivity index (χ4v) is 1.75. The summed E-state index contributed by atoms with van der Waals surface area (Å²) in [4.78, 5) is 23.7. The predicted octanol–water partition coefficient (Wildman–Crippen LogP) is 1.39. The van der Waals surface area contributed by atoms with Crippen molar-refractivity contribution in [2.75, 3.05) is 5.32 Å². The second-order valence-electron chi connectivity index (χ2n) is 4.23. The number of benzene rings is 1. The van der Waals surface area contributed by atoms with Crippen molar-refractivity contribution in [3.63, 3.8) is 0 Å². The summed E-state index contributed by atoms with van der Waals surface area (Å²) in [5, 5.41) is 5.50. The smallest absolute Gasteiger partial charge is 0.254 e. The molecule has 0 fully saturated rings. The maximum atomic E-state index is 11.9. The summed E-state index contributed by atoms with van der Waals surface area (Å²) < 4.78 is 0. The maximum Gasteiger partial charge on any atom is 0.254 e. The van der Waals surface area contributed by atoms with E-state index in [2.05, 4.69) is 10.6 Å². The van der Waals surface area contributed by atoms with Crippen LogP contribution in [0.3, 0.4) is 0 Å². The van der Waals surface area contributed by atoms with E-state index < -0.39 is 6.04 Å². The van der Waals surface area contributed by atoms with Crippen LogP contribution in [0.5, 0.6) is 0 Å². The molecule has 1 atom stereocenters. The third-order valence-electron chi connectivity index (χ3n) is 2.67. The molecular weight excluding hydrogens is 204 g/mol. The molecule has 16 heavy (non-hydrogen) atoms. The second-order valence-corrected chi connectivity index (χ2v) is 4.23. The highest BCUT2D eigenvalue weighted by atomic mass is 16.2. The number of carbonyl (C=O) groups excluding carboxylic acids is 2. The molecule has 1 aliphatic heterocycles. The van der Waals surface area contributed by atoms with Gasteiger partial charge in [-0.1, -0.05) is 26.0 Å². The van der Waals surface area contributed by atoms with Crippen LogP contribution >= 0.6 is 0 Å². The Kier molecular flexibility index (Phi) is 2.64. The summed E-state index contributed by atoms with van der Waals surface area (Å²) >= 11 is 0. The Morgan fingerprint density at radius 3 is 2.56 bits per heavy atom. The molecule has 1 aromatic rings. The molecule has 0 saturated heterocycles. The highest BCUT2D eigenvalue weighted by Crippen LogP contribution is 2.19. The van der Waals surface area contributed by atoms with Crippen LogP contribution in [0.25, 0.3) is 0 Å². The Morgan fingerprint density at radius 1 is 1.19 bits per heavy atom. The van der Waals surface area contributed by atoms with Gasteiger partial charge in [-0.2, -0.15) is 0 Å². The van der Waals surface area contributed by atoms with Crippen molar-refractivity contribution in [1.29, 1.82) is 0 Å². The minimum atomic E-state index is -0.472. The topological polar surface area (TPSA) is 58.2 Å². The predicted molar refractivity (Wildman–Crippen MR) is 61.2 cm³/mol. The third-order valence-corrected chi connectivity index (χ3v) is 2.67. The van der Waals surface area contributed by atoms with Crippen LogP contribution in [0.4, 0.5) is 5.69 Å². The Balaban J connectivity index is 2.40. The highest BCUT2D eigenvalue weighted by molar-refractivity contribution is 6.09. The van der Waals surface area contributed by atoms with Crippen molar-refractivity contribution >= 4 is 17.5 Å². The summed E-state index contributed by atoms with van der Waals surface area (Å²) in [6.07, 6.45) is 0. The average molecular weight is 218 g/mol. The van der Waals surface area contributed by atoms with Crippen molar-refractivity contribution in [3.8, 4) is 0 Å². The summed E-state index contributed by atoms with van der Waals surface area (Å²) in [6.45, 7) is 3.81. The molecule has 1 aromatic carbocycles. The highest BCUT2D eigenvalue weighted by Gasteiger charge is 2.29. The number of amides is 2. The Labute approximate surface area is 94.0 Å². The van der Waals surface area contributed by atoms with E-state index in [0.29, 0.717) is 11.3 Å². The number of hydrogen-bond donors (Lipinski definition) is 2. The zero-order chi connectivity index (χ0) is 11.7. The van der Waals surface area contributed by atoms with E-state index in [0.717, 1.165) is 0 Å². The molecule has 0 bridgehead atoms. The standard InChI is InChI=1S/C12H14N2O2/c1-7(2)10-12(16)13-9-6-4-3-5-8(9)11(15)14-10/h3-7,10H,1-2H3,(H,13,16)(H,14,15)/t10-/m0/s1. The second kappa shape index (κ2) is 3.96. The van der Waals surface area contributed by atoms with Gasteiger partial charge in [0.05, 0.1) is 11.3 Å². The first-order chi connectivity index (χ1) is 7.59. The molecule has 0 saturated carbocycles. The van der Waals surface area contributed by atoms with E-state index in [1.165, 1.54) is 0 Å². The number of carbonyl (C=O) groups is 2. The molecule has 84 valence electrons. The molecule has 0 radical (unpaired) electrons. The van der Waals surface area contributed by atoms with Gasteiger partial charge in [-0.25, -0.2) is 0 Å². The summed E-state index contributed by atoms with van der Waals surface area (Å²) in [6, 6.07) is 6.53. The Hall–Kier alpha value is -1.84. The van der Waals surface area contributed by atoms with Gasteiger partial charge in [0, 0.05) is 0 Å². The SMILES string of the molecule is CC(C)[C@@H]1NC(=O)c2ccccc2NC1=O. The van der Waals surface area contributed by atoms with Gasteiger partial charge >= 0.3 is 0 Å². The van der Waals surface area contributed by atoms with Crippen LogP contribution in [0.2, 0.25) is 0 Å². The number of fused-ring (bicyclic) bond motifs is 1. The van der Waals surface area contributed by atoms with Crippen LogP contribution in [0.1, 0.15) is 24.2 Å². The molecule has 0 unspecified atom stereocenters. The quantitative estimate of drug-likeness (QED) is 0.748. The molecular formula is C12H14N2O2. The third kappa shape index (κ3) is 1.78. The number of para-hydroxylation sites is 1. The number of hydrogen-bond acceptors (Lipinski definition) is 2. The number of anilines is 1. The number of rotatable bonds is 1. The summed E-state index contributed by atoms with van der Waals surface area (Å²) in [7, 11) is 0. The van der Waals surface area contributed by atoms with Crippen LogP contribution in [-0.2, 0) is 4.79 Å². The molecule has 2 N–H and O–H groups in total. The molecule has 4 nitrogen and oxygen atoms in total. The lowest BCUT2D eigenvalue weighted by Crippen LogP contribution is -2.44. The molecule has 1 heterocycles. The summed E-state index contributed by atoms with van der Waals surface area (Å²) in [5.74, 6) is -0.292. The van der Waals surface area contributed by atoms with Crippen molar-refractivity contribution in [1.82, 2.24) is 5.32 Å². The molecule has 2 rings (SSSR count). The van der Waals surface area contributed by atoms with E-state index in [9.17, 15) is 9.59 Å². The van der Waals surface area contributed by atoms with Gasteiger partial charge in [0.1, 0.15) is 6.04 Å².